The molecular formula is C49H34N6O. The van der Waals surface area contributed by atoms with E-state index < -0.39 is 5.66 Å². The Morgan fingerprint density at radius 1 is 0.464 bits per heavy atom. The summed E-state index contributed by atoms with van der Waals surface area (Å²) in [7, 11) is 0. The molecule has 0 saturated heterocycles. The molecule has 0 bridgehead atoms. The van der Waals surface area contributed by atoms with E-state index in [4.69, 9.17) is 29.4 Å². The van der Waals surface area contributed by atoms with E-state index in [-0.39, 0.29) is 0 Å². The van der Waals surface area contributed by atoms with Crippen LogP contribution in [0.25, 0.3) is 67.2 Å². The van der Waals surface area contributed by atoms with E-state index in [2.05, 4.69) is 60.8 Å². The lowest BCUT2D eigenvalue weighted by Gasteiger charge is -2.33. The maximum Gasteiger partial charge on any atom is 0.164 e. The largest absolute Gasteiger partial charge is 0.456 e. The molecular weight excluding hydrogens is 689 g/mol. The monoisotopic (exact) mass is 722 g/mol. The molecule has 0 radical (unpaired) electrons. The zero-order valence-electron chi connectivity index (χ0n) is 30.5. The summed E-state index contributed by atoms with van der Waals surface area (Å²) >= 11 is 0. The number of benzene rings is 7. The van der Waals surface area contributed by atoms with Gasteiger partial charge in [0.05, 0.1) is 0 Å². The highest BCUT2D eigenvalue weighted by molar-refractivity contribution is 6.16. The molecule has 1 aliphatic rings. The molecule has 0 aliphatic carbocycles. The molecule has 9 aromatic rings. The zero-order chi connectivity index (χ0) is 37.5. The Hall–Kier alpha value is -7.51. The van der Waals surface area contributed by atoms with Crippen molar-refractivity contribution in [2.24, 2.45) is 9.98 Å². The van der Waals surface area contributed by atoms with Crippen LogP contribution in [-0.2, 0) is 5.66 Å². The fraction of sp³-hybridized carbons (Fsp3) is 0.0408. The highest BCUT2D eigenvalue weighted by atomic mass is 16.3. The zero-order valence-corrected chi connectivity index (χ0v) is 30.5. The third-order valence-electron chi connectivity index (χ3n) is 10.2. The van der Waals surface area contributed by atoms with Crippen molar-refractivity contribution in [3.8, 4) is 45.3 Å². The molecule has 2 aromatic heterocycles. The first-order valence-corrected chi connectivity index (χ1v) is 18.6. The van der Waals surface area contributed by atoms with Crippen molar-refractivity contribution >= 4 is 33.6 Å². The first kappa shape index (κ1) is 33.1. The van der Waals surface area contributed by atoms with Gasteiger partial charge in [-0.1, -0.05) is 158 Å². The Morgan fingerprint density at radius 3 is 1.66 bits per heavy atom. The second-order valence-corrected chi connectivity index (χ2v) is 13.9. The molecule has 1 aliphatic heterocycles. The van der Waals surface area contributed by atoms with E-state index in [9.17, 15) is 0 Å². The van der Waals surface area contributed by atoms with Gasteiger partial charge in [-0.3, -0.25) is 0 Å². The third kappa shape index (κ3) is 6.11. The predicted molar refractivity (Wildman–Crippen MR) is 225 cm³/mol. The van der Waals surface area contributed by atoms with E-state index in [1.165, 1.54) is 0 Å². The van der Waals surface area contributed by atoms with Crippen LogP contribution in [-0.4, -0.2) is 26.6 Å². The maximum atomic E-state index is 6.57. The molecule has 266 valence electrons. The van der Waals surface area contributed by atoms with Gasteiger partial charge in [-0.05, 0) is 47.9 Å². The van der Waals surface area contributed by atoms with Crippen molar-refractivity contribution in [2.45, 2.75) is 12.6 Å². The van der Waals surface area contributed by atoms with Gasteiger partial charge in [-0.25, -0.2) is 24.9 Å². The molecule has 0 spiro atoms. The molecule has 1 N–H and O–H groups in total. The fourth-order valence-electron chi connectivity index (χ4n) is 7.36. The highest BCUT2D eigenvalue weighted by Crippen LogP contribution is 2.40. The summed E-state index contributed by atoms with van der Waals surface area (Å²) in [6, 6.07) is 61.3. The van der Waals surface area contributed by atoms with Crippen LogP contribution in [0.4, 0.5) is 0 Å². The molecule has 0 fully saturated rings. The van der Waals surface area contributed by atoms with E-state index in [0.717, 1.165) is 72.3 Å². The number of furan rings is 1. The summed E-state index contributed by atoms with van der Waals surface area (Å²) in [5, 5.41) is 5.75. The second kappa shape index (κ2) is 13.7. The first-order chi connectivity index (χ1) is 27.6. The lowest BCUT2D eigenvalue weighted by molar-refractivity contribution is 0.455. The van der Waals surface area contributed by atoms with E-state index >= 15 is 0 Å². The van der Waals surface area contributed by atoms with Gasteiger partial charge in [0.2, 0.25) is 0 Å². The van der Waals surface area contributed by atoms with Gasteiger partial charge >= 0.3 is 0 Å². The average molecular weight is 723 g/mol. The van der Waals surface area contributed by atoms with Crippen molar-refractivity contribution in [3.63, 3.8) is 0 Å². The number of nitrogens with one attached hydrogen (secondary N) is 1. The minimum atomic E-state index is -0.751. The van der Waals surface area contributed by atoms with Crippen LogP contribution in [0.5, 0.6) is 0 Å². The summed E-state index contributed by atoms with van der Waals surface area (Å²) in [4.78, 5) is 25.4. The lowest BCUT2D eigenvalue weighted by atomic mass is 9.94. The topological polar surface area (TPSA) is 88.6 Å². The SMILES string of the molecule is CC1(c2ccccc2)N=C(c2ccccc2)N=C(c2cccc(-c3cc(-c4nc(-c5ccccc5)nc(-c5ccccc5)n4)cc4oc5ccccc5c34)c2)N1. The maximum absolute atomic E-state index is 6.57. The Bertz CT molecular complexity index is 2880. The van der Waals surface area contributed by atoms with Gasteiger partial charge in [0.15, 0.2) is 29.0 Å². The summed E-state index contributed by atoms with van der Waals surface area (Å²) in [5.74, 6) is 3.15. The van der Waals surface area contributed by atoms with Crippen LogP contribution >= 0.6 is 0 Å². The molecule has 10 rings (SSSR count). The van der Waals surface area contributed by atoms with Crippen molar-refractivity contribution in [1.82, 2.24) is 20.3 Å². The number of hydrogen-bond acceptors (Lipinski definition) is 7. The number of hydrogen-bond donors (Lipinski definition) is 1. The van der Waals surface area contributed by atoms with Crippen LogP contribution < -0.4 is 5.32 Å². The van der Waals surface area contributed by atoms with Gasteiger partial charge in [0.25, 0.3) is 0 Å². The predicted octanol–water partition coefficient (Wildman–Crippen LogP) is 11.1. The molecule has 7 heteroatoms. The van der Waals surface area contributed by atoms with E-state index in [1.54, 1.807) is 0 Å². The molecule has 0 amide bonds. The number of amidine groups is 2. The van der Waals surface area contributed by atoms with Gasteiger partial charge in [0, 0.05) is 38.6 Å². The van der Waals surface area contributed by atoms with Crippen molar-refractivity contribution in [2.75, 3.05) is 0 Å². The molecule has 7 aromatic carbocycles. The Kier molecular flexibility index (Phi) is 8.11. The number of aliphatic imine (C=N–C) groups is 2. The average Bonchev–Trinajstić information content (AvgIpc) is 3.66. The van der Waals surface area contributed by atoms with Crippen LogP contribution in [0.15, 0.2) is 196 Å². The van der Waals surface area contributed by atoms with Crippen LogP contribution in [0, 0.1) is 0 Å². The number of fused-ring (bicyclic) bond motifs is 3. The highest BCUT2D eigenvalue weighted by Gasteiger charge is 2.32. The quantitative estimate of drug-likeness (QED) is 0.177. The Balaban J connectivity index is 1.16. The molecule has 1 atom stereocenters. The van der Waals surface area contributed by atoms with Crippen molar-refractivity contribution in [1.29, 1.82) is 0 Å². The van der Waals surface area contributed by atoms with Crippen LogP contribution in [0.3, 0.4) is 0 Å². The van der Waals surface area contributed by atoms with Crippen LogP contribution in [0.2, 0.25) is 0 Å². The van der Waals surface area contributed by atoms with Gasteiger partial charge in [0.1, 0.15) is 17.0 Å². The number of rotatable bonds is 7. The van der Waals surface area contributed by atoms with Gasteiger partial charge in [-0.2, -0.15) is 0 Å². The third-order valence-corrected chi connectivity index (χ3v) is 10.2. The van der Waals surface area contributed by atoms with E-state index in [1.807, 2.05) is 133 Å². The Labute approximate surface area is 323 Å². The minimum absolute atomic E-state index is 0.554. The fourth-order valence-corrected chi connectivity index (χ4v) is 7.36. The molecule has 0 saturated carbocycles. The van der Waals surface area contributed by atoms with Gasteiger partial charge < -0.3 is 9.73 Å². The van der Waals surface area contributed by atoms with Crippen molar-refractivity contribution in [3.05, 3.63) is 199 Å². The smallest absolute Gasteiger partial charge is 0.164 e. The molecule has 3 heterocycles. The number of nitrogens with zero attached hydrogens (tertiary/aromatic N) is 5. The standard InChI is InChI=1S/C49H34N6O/c1-49(38-25-12-5-13-26-38)54-47(34-21-10-4-11-22-34)53-48(55-49)36-24-16-23-35(29-36)40-30-37(31-42-43(40)39-27-14-15-28-41(39)56-42)46-51-44(32-17-6-2-7-18-32)50-45(52-46)33-19-8-3-9-20-33/h2-31H,1H3,(H,53,54,55). The lowest BCUT2D eigenvalue weighted by Crippen LogP contribution is -2.46. The summed E-state index contributed by atoms with van der Waals surface area (Å²) in [6.07, 6.45) is 0. The minimum Gasteiger partial charge on any atom is -0.456 e. The molecule has 56 heavy (non-hydrogen) atoms. The Morgan fingerprint density at radius 2 is 1.00 bits per heavy atom. The summed E-state index contributed by atoms with van der Waals surface area (Å²) in [5.41, 5.74) is 8.35. The molecule has 1 unspecified atom stereocenters. The van der Waals surface area contributed by atoms with Gasteiger partial charge in [-0.15, -0.1) is 0 Å². The number of aromatic nitrogens is 3. The molecule has 7 nitrogen and oxygen atoms in total. The summed E-state index contributed by atoms with van der Waals surface area (Å²) in [6.45, 7) is 2.09. The van der Waals surface area contributed by atoms with E-state index in [0.29, 0.717) is 23.3 Å². The summed E-state index contributed by atoms with van der Waals surface area (Å²) < 4.78 is 6.57. The van der Waals surface area contributed by atoms with Crippen molar-refractivity contribution < 1.29 is 4.42 Å². The second-order valence-electron chi connectivity index (χ2n) is 13.9. The normalized spacial score (nSPS) is 15.3. The first-order valence-electron chi connectivity index (χ1n) is 18.6. The van der Waals surface area contributed by atoms with Crippen LogP contribution in [0.1, 0.15) is 23.6 Å². The number of para-hydroxylation sites is 1.